The summed E-state index contributed by atoms with van der Waals surface area (Å²) in [6.45, 7) is 4.06. The fourth-order valence-corrected chi connectivity index (χ4v) is 1.97. The molecule has 0 aliphatic heterocycles. The number of ether oxygens (including phenoxy) is 2. The van der Waals surface area contributed by atoms with Gasteiger partial charge in [-0.3, -0.25) is 0 Å². The van der Waals surface area contributed by atoms with Crippen LogP contribution in [0, 0.1) is 5.92 Å². The highest BCUT2D eigenvalue weighted by Gasteiger charge is 2.36. The number of benzene rings is 1. The summed E-state index contributed by atoms with van der Waals surface area (Å²) in [5.74, 6) is 0.595. The molecule has 0 fully saturated rings. The van der Waals surface area contributed by atoms with Gasteiger partial charge >= 0.3 is 0 Å². The molecule has 1 N–H and O–H groups in total. The summed E-state index contributed by atoms with van der Waals surface area (Å²) < 4.78 is 10.4. The maximum atomic E-state index is 10.7. The Morgan fingerprint density at radius 1 is 1.35 bits per heavy atom. The van der Waals surface area contributed by atoms with E-state index in [4.69, 9.17) is 21.1 Å². The van der Waals surface area contributed by atoms with Gasteiger partial charge < -0.3 is 14.6 Å². The van der Waals surface area contributed by atoms with Crippen LogP contribution in [0.25, 0.3) is 0 Å². The van der Waals surface area contributed by atoms with Gasteiger partial charge in [-0.1, -0.05) is 25.4 Å². The molecule has 1 atom stereocenters. The summed E-state index contributed by atoms with van der Waals surface area (Å²) in [7, 11) is 3.13. The molecule has 0 aliphatic rings. The van der Waals surface area contributed by atoms with Crippen molar-refractivity contribution >= 4 is 11.6 Å². The summed E-state index contributed by atoms with van der Waals surface area (Å²) >= 11 is 5.98. The van der Waals surface area contributed by atoms with E-state index in [1.165, 1.54) is 0 Å². The third-order valence-corrected chi connectivity index (χ3v) is 3.18. The monoisotopic (exact) mass is 258 g/mol. The molecule has 0 aliphatic carbocycles. The van der Waals surface area contributed by atoms with Crippen LogP contribution in [0.2, 0.25) is 5.02 Å². The van der Waals surface area contributed by atoms with Gasteiger partial charge in [-0.05, 0) is 24.1 Å². The molecule has 0 aromatic heterocycles. The summed E-state index contributed by atoms with van der Waals surface area (Å²) in [5, 5.41) is 11.3. The molecule has 1 aromatic carbocycles. The minimum absolute atomic E-state index is 0.0187. The van der Waals surface area contributed by atoms with Crippen molar-refractivity contribution in [1.82, 2.24) is 0 Å². The second-order valence-electron chi connectivity index (χ2n) is 4.36. The van der Waals surface area contributed by atoms with Crippen LogP contribution in [-0.4, -0.2) is 25.9 Å². The number of methoxy groups -OCH3 is 2. The van der Waals surface area contributed by atoms with E-state index in [-0.39, 0.29) is 12.5 Å². The molecule has 0 spiro atoms. The van der Waals surface area contributed by atoms with Gasteiger partial charge in [-0.2, -0.15) is 0 Å². The topological polar surface area (TPSA) is 38.7 Å². The van der Waals surface area contributed by atoms with Crippen LogP contribution in [0.3, 0.4) is 0 Å². The van der Waals surface area contributed by atoms with E-state index in [2.05, 4.69) is 0 Å². The average molecular weight is 259 g/mol. The number of aliphatic hydroxyl groups is 1. The first kappa shape index (κ1) is 14.3. The Balaban J connectivity index is 3.31. The maximum absolute atomic E-state index is 10.7. The minimum Gasteiger partial charge on any atom is -0.496 e. The summed E-state index contributed by atoms with van der Waals surface area (Å²) in [5.41, 5.74) is -0.449. The highest BCUT2D eigenvalue weighted by Crippen LogP contribution is 2.37. The molecule has 3 nitrogen and oxygen atoms in total. The molecule has 0 bridgehead atoms. The van der Waals surface area contributed by atoms with E-state index >= 15 is 0 Å². The molecule has 0 amide bonds. The Labute approximate surface area is 107 Å². The Hall–Kier alpha value is -0.770. The fourth-order valence-electron chi connectivity index (χ4n) is 1.79. The van der Waals surface area contributed by atoms with Crippen molar-refractivity contribution in [3.05, 3.63) is 28.8 Å². The molecular formula is C13H19ClO3. The van der Waals surface area contributed by atoms with Gasteiger partial charge in [0.15, 0.2) is 0 Å². The predicted molar refractivity (Wildman–Crippen MR) is 68.6 cm³/mol. The Kier molecular flexibility index (Phi) is 4.80. The first-order chi connectivity index (χ1) is 7.95. The molecule has 0 heterocycles. The van der Waals surface area contributed by atoms with Crippen molar-refractivity contribution < 1.29 is 14.6 Å². The standard InChI is InChI=1S/C13H19ClO3/c1-9(2)13(15,8-16-3)11-7-10(14)5-6-12(11)17-4/h5-7,9,15H,8H2,1-4H3. The lowest BCUT2D eigenvalue weighted by molar-refractivity contribution is -0.0712. The van der Waals surface area contributed by atoms with Crippen molar-refractivity contribution in [1.29, 1.82) is 0 Å². The van der Waals surface area contributed by atoms with Crippen molar-refractivity contribution in [2.75, 3.05) is 20.8 Å². The van der Waals surface area contributed by atoms with Crippen molar-refractivity contribution in [3.8, 4) is 5.75 Å². The Morgan fingerprint density at radius 2 is 2.00 bits per heavy atom. The first-order valence-electron chi connectivity index (χ1n) is 5.51. The normalized spacial score (nSPS) is 14.8. The molecule has 96 valence electrons. The minimum atomic E-state index is -1.11. The maximum Gasteiger partial charge on any atom is 0.125 e. The molecule has 4 heteroatoms. The molecule has 1 unspecified atom stereocenters. The van der Waals surface area contributed by atoms with Crippen LogP contribution in [-0.2, 0) is 10.3 Å². The number of rotatable bonds is 5. The molecule has 1 rings (SSSR count). The quantitative estimate of drug-likeness (QED) is 0.883. The molecule has 0 saturated carbocycles. The second-order valence-corrected chi connectivity index (χ2v) is 4.79. The van der Waals surface area contributed by atoms with Crippen molar-refractivity contribution in [2.45, 2.75) is 19.4 Å². The van der Waals surface area contributed by atoms with Gasteiger partial charge in [0.2, 0.25) is 0 Å². The molecule has 1 aromatic rings. The zero-order chi connectivity index (χ0) is 13.1. The highest BCUT2D eigenvalue weighted by atomic mass is 35.5. The van der Waals surface area contributed by atoms with E-state index in [1.807, 2.05) is 13.8 Å². The van der Waals surface area contributed by atoms with Gasteiger partial charge in [0.05, 0.1) is 13.7 Å². The van der Waals surface area contributed by atoms with Crippen LogP contribution in [0.1, 0.15) is 19.4 Å². The van der Waals surface area contributed by atoms with Gasteiger partial charge in [-0.25, -0.2) is 0 Å². The van der Waals surface area contributed by atoms with E-state index < -0.39 is 5.60 Å². The van der Waals surface area contributed by atoms with Gasteiger partial charge in [-0.15, -0.1) is 0 Å². The molecule has 0 radical (unpaired) electrons. The van der Waals surface area contributed by atoms with E-state index in [9.17, 15) is 5.11 Å². The van der Waals surface area contributed by atoms with E-state index in [1.54, 1.807) is 32.4 Å². The molecule has 17 heavy (non-hydrogen) atoms. The largest absolute Gasteiger partial charge is 0.496 e. The fraction of sp³-hybridized carbons (Fsp3) is 0.538. The predicted octanol–water partition coefficient (Wildman–Crippen LogP) is 2.84. The van der Waals surface area contributed by atoms with Crippen LogP contribution in [0.5, 0.6) is 5.75 Å². The Morgan fingerprint density at radius 3 is 2.47 bits per heavy atom. The Bertz CT molecular complexity index is 379. The summed E-state index contributed by atoms with van der Waals surface area (Å²) in [4.78, 5) is 0. The van der Waals surface area contributed by atoms with Crippen molar-refractivity contribution in [3.63, 3.8) is 0 Å². The van der Waals surface area contributed by atoms with Gasteiger partial charge in [0.25, 0.3) is 0 Å². The number of hydrogen-bond donors (Lipinski definition) is 1. The van der Waals surface area contributed by atoms with Crippen LogP contribution >= 0.6 is 11.6 Å². The van der Waals surface area contributed by atoms with Crippen molar-refractivity contribution in [2.24, 2.45) is 5.92 Å². The zero-order valence-corrected chi connectivity index (χ0v) is 11.4. The zero-order valence-electron chi connectivity index (χ0n) is 10.7. The van der Waals surface area contributed by atoms with Gasteiger partial charge in [0.1, 0.15) is 11.4 Å². The first-order valence-corrected chi connectivity index (χ1v) is 5.88. The SMILES string of the molecule is COCC(O)(c1cc(Cl)ccc1OC)C(C)C. The second kappa shape index (κ2) is 5.71. The lowest BCUT2D eigenvalue weighted by Crippen LogP contribution is -2.37. The van der Waals surface area contributed by atoms with Crippen LogP contribution < -0.4 is 4.74 Å². The third kappa shape index (κ3) is 2.92. The number of hydrogen-bond acceptors (Lipinski definition) is 3. The third-order valence-electron chi connectivity index (χ3n) is 2.95. The molecule has 0 saturated heterocycles. The summed E-state index contributed by atoms with van der Waals surface area (Å²) in [6, 6.07) is 5.21. The van der Waals surface area contributed by atoms with Gasteiger partial charge in [0, 0.05) is 17.7 Å². The summed E-state index contributed by atoms with van der Waals surface area (Å²) in [6.07, 6.45) is 0. The van der Waals surface area contributed by atoms with E-state index in [0.29, 0.717) is 16.3 Å². The van der Waals surface area contributed by atoms with Crippen LogP contribution in [0.15, 0.2) is 18.2 Å². The van der Waals surface area contributed by atoms with Crippen LogP contribution in [0.4, 0.5) is 0 Å². The molecular weight excluding hydrogens is 240 g/mol. The number of halogens is 1. The van der Waals surface area contributed by atoms with E-state index in [0.717, 1.165) is 0 Å². The highest BCUT2D eigenvalue weighted by molar-refractivity contribution is 6.30. The lowest BCUT2D eigenvalue weighted by atomic mass is 9.83. The smallest absolute Gasteiger partial charge is 0.125 e. The lowest BCUT2D eigenvalue weighted by Gasteiger charge is -2.33. The average Bonchev–Trinajstić information content (AvgIpc) is 2.29.